The van der Waals surface area contributed by atoms with Crippen LogP contribution >= 0.6 is 0 Å². The molecule has 0 unspecified atom stereocenters. The second-order valence-electron chi connectivity index (χ2n) is 5.20. The van der Waals surface area contributed by atoms with E-state index in [2.05, 4.69) is 5.32 Å². The van der Waals surface area contributed by atoms with Gasteiger partial charge in [-0.15, -0.1) is 0 Å². The predicted octanol–water partition coefficient (Wildman–Crippen LogP) is 4.61. The van der Waals surface area contributed by atoms with E-state index in [-0.39, 0.29) is 25.8 Å². The molecule has 1 aromatic rings. The third-order valence-electron chi connectivity index (χ3n) is 3.19. The van der Waals surface area contributed by atoms with Crippen LogP contribution in [0.4, 0.5) is 36.8 Å². The van der Waals surface area contributed by atoms with Crippen molar-refractivity contribution in [3.63, 3.8) is 0 Å². The molecule has 0 atom stereocenters. The lowest BCUT2D eigenvalue weighted by molar-refractivity contribution is -0.143. The van der Waals surface area contributed by atoms with E-state index >= 15 is 0 Å². The Labute approximate surface area is 140 Å². The largest absolute Gasteiger partial charge is 0.416 e. The first-order valence-corrected chi connectivity index (χ1v) is 7.33. The first-order valence-electron chi connectivity index (χ1n) is 7.33. The van der Waals surface area contributed by atoms with Gasteiger partial charge in [-0.25, -0.2) is 4.79 Å². The van der Waals surface area contributed by atoms with Gasteiger partial charge in [-0.2, -0.15) is 26.3 Å². The summed E-state index contributed by atoms with van der Waals surface area (Å²) < 4.78 is 81.7. The number of rotatable bonds is 6. The van der Waals surface area contributed by atoms with Gasteiger partial charge in [-0.1, -0.05) is 6.92 Å². The van der Waals surface area contributed by atoms with Crippen LogP contribution in [0.15, 0.2) is 18.2 Å². The number of methoxy groups -OCH3 is 1. The summed E-state index contributed by atoms with van der Waals surface area (Å²) in [5, 5.41) is 2.09. The number of benzene rings is 1. The highest BCUT2D eigenvalue weighted by molar-refractivity contribution is 5.89. The van der Waals surface area contributed by atoms with Gasteiger partial charge in [0.2, 0.25) is 0 Å². The maximum absolute atomic E-state index is 12.8. The minimum atomic E-state index is -4.97. The Kier molecular flexibility index (Phi) is 7.09. The highest BCUT2D eigenvalue weighted by Gasteiger charge is 2.37. The molecule has 25 heavy (non-hydrogen) atoms. The van der Waals surface area contributed by atoms with Crippen molar-refractivity contribution >= 4 is 11.7 Å². The Morgan fingerprint density at radius 1 is 1.04 bits per heavy atom. The van der Waals surface area contributed by atoms with Crippen LogP contribution in [0.2, 0.25) is 0 Å². The fourth-order valence-corrected chi connectivity index (χ4v) is 2.02. The Balaban J connectivity index is 3.12. The quantitative estimate of drug-likeness (QED) is 0.741. The molecule has 0 bridgehead atoms. The van der Waals surface area contributed by atoms with E-state index in [1.165, 1.54) is 12.0 Å². The van der Waals surface area contributed by atoms with Crippen molar-refractivity contribution in [3.05, 3.63) is 29.3 Å². The average molecular weight is 372 g/mol. The summed E-state index contributed by atoms with van der Waals surface area (Å²) >= 11 is 0. The standard InChI is InChI=1S/C15H18F6N2O2/c1-3-4-23(5-6-25-2)13(24)22-12-8-10(14(16,17)18)7-11(9-12)15(19,20)21/h7-9H,3-6H2,1-2H3,(H,22,24). The first-order chi connectivity index (χ1) is 11.5. The third-order valence-corrected chi connectivity index (χ3v) is 3.19. The Morgan fingerprint density at radius 3 is 1.96 bits per heavy atom. The van der Waals surface area contributed by atoms with Crippen molar-refractivity contribution < 1.29 is 35.9 Å². The molecule has 0 radical (unpaired) electrons. The Hall–Kier alpha value is -1.97. The van der Waals surface area contributed by atoms with Gasteiger partial charge in [0.25, 0.3) is 0 Å². The fourth-order valence-electron chi connectivity index (χ4n) is 2.02. The molecular formula is C15H18F6N2O2. The summed E-state index contributed by atoms with van der Waals surface area (Å²) in [5.74, 6) is 0. The second-order valence-corrected chi connectivity index (χ2v) is 5.20. The van der Waals surface area contributed by atoms with E-state index < -0.39 is 35.2 Å². The normalized spacial score (nSPS) is 12.2. The molecule has 1 rings (SSSR count). The van der Waals surface area contributed by atoms with Gasteiger partial charge in [0, 0.05) is 25.9 Å². The van der Waals surface area contributed by atoms with Gasteiger partial charge in [-0.05, 0) is 24.6 Å². The number of nitrogens with one attached hydrogen (secondary N) is 1. The number of halogens is 6. The lowest BCUT2D eigenvalue weighted by Gasteiger charge is -2.23. The molecular weight excluding hydrogens is 354 g/mol. The van der Waals surface area contributed by atoms with Gasteiger partial charge in [0.05, 0.1) is 17.7 Å². The van der Waals surface area contributed by atoms with E-state index in [0.717, 1.165) is 0 Å². The van der Waals surface area contributed by atoms with Crippen molar-refractivity contribution in [2.24, 2.45) is 0 Å². The molecule has 0 heterocycles. The van der Waals surface area contributed by atoms with E-state index in [4.69, 9.17) is 4.74 Å². The number of ether oxygens (including phenoxy) is 1. The van der Waals surface area contributed by atoms with Crippen LogP contribution in [-0.4, -0.2) is 37.7 Å². The molecule has 0 fully saturated rings. The Morgan fingerprint density at radius 2 is 1.56 bits per heavy atom. The fraction of sp³-hybridized carbons (Fsp3) is 0.533. The molecule has 142 valence electrons. The monoisotopic (exact) mass is 372 g/mol. The number of urea groups is 1. The first kappa shape index (κ1) is 21.1. The number of hydrogen-bond donors (Lipinski definition) is 1. The van der Waals surface area contributed by atoms with Gasteiger partial charge in [-0.3, -0.25) is 0 Å². The number of nitrogens with zero attached hydrogens (tertiary/aromatic N) is 1. The number of amides is 2. The summed E-state index contributed by atoms with van der Waals surface area (Å²) in [7, 11) is 1.41. The molecule has 0 saturated heterocycles. The van der Waals surface area contributed by atoms with Crippen LogP contribution in [0.25, 0.3) is 0 Å². The number of anilines is 1. The summed E-state index contributed by atoms with van der Waals surface area (Å²) in [6, 6.07) is 0.136. The lowest BCUT2D eigenvalue weighted by atomic mass is 10.1. The smallest absolute Gasteiger partial charge is 0.383 e. The van der Waals surface area contributed by atoms with Gasteiger partial charge < -0.3 is 15.0 Å². The minimum absolute atomic E-state index is 0.00436. The van der Waals surface area contributed by atoms with Crippen LogP contribution in [-0.2, 0) is 17.1 Å². The molecule has 0 spiro atoms. The summed E-state index contributed by atoms with van der Waals surface area (Å²) in [4.78, 5) is 13.4. The number of carbonyl (C=O) groups excluding carboxylic acids is 1. The number of alkyl halides is 6. The maximum atomic E-state index is 12.8. The third kappa shape index (κ3) is 6.45. The molecule has 4 nitrogen and oxygen atoms in total. The SMILES string of the molecule is CCCN(CCOC)C(=O)Nc1cc(C(F)(F)F)cc(C(F)(F)F)c1. The molecule has 0 aliphatic rings. The zero-order chi connectivity index (χ0) is 19.3. The molecule has 0 saturated carbocycles. The van der Waals surface area contributed by atoms with E-state index in [1.54, 1.807) is 6.92 Å². The van der Waals surface area contributed by atoms with E-state index in [0.29, 0.717) is 18.6 Å². The zero-order valence-electron chi connectivity index (χ0n) is 13.6. The molecule has 0 aliphatic heterocycles. The zero-order valence-corrected chi connectivity index (χ0v) is 13.6. The highest BCUT2D eigenvalue weighted by Crippen LogP contribution is 2.37. The highest BCUT2D eigenvalue weighted by atomic mass is 19.4. The summed E-state index contributed by atoms with van der Waals surface area (Å²) in [5.41, 5.74) is -3.56. The van der Waals surface area contributed by atoms with Crippen molar-refractivity contribution in [2.45, 2.75) is 25.7 Å². The number of hydrogen-bond acceptors (Lipinski definition) is 2. The van der Waals surface area contributed by atoms with Crippen LogP contribution < -0.4 is 5.32 Å². The average Bonchev–Trinajstić information content (AvgIpc) is 2.49. The molecule has 10 heteroatoms. The second kappa shape index (κ2) is 8.41. The Bertz CT molecular complexity index is 554. The molecule has 0 aliphatic carbocycles. The number of carbonyl (C=O) groups is 1. The van der Waals surface area contributed by atoms with Crippen LogP contribution in [0.3, 0.4) is 0 Å². The van der Waals surface area contributed by atoms with E-state index in [9.17, 15) is 31.1 Å². The topological polar surface area (TPSA) is 41.6 Å². The van der Waals surface area contributed by atoms with Crippen LogP contribution in [0.5, 0.6) is 0 Å². The van der Waals surface area contributed by atoms with Gasteiger partial charge in [0.15, 0.2) is 0 Å². The summed E-state index contributed by atoms with van der Waals surface area (Å²) in [6.07, 6.45) is -9.38. The minimum Gasteiger partial charge on any atom is -0.383 e. The lowest BCUT2D eigenvalue weighted by Crippen LogP contribution is -2.38. The molecule has 0 aromatic heterocycles. The van der Waals surface area contributed by atoms with Crippen molar-refractivity contribution in [1.82, 2.24) is 4.90 Å². The summed E-state index contributed by atoms with van der Waals surface area (Å²) in [6.45, 7) is 2.39. The van der Waals surface area contributed by atoms with Crippen molar-refractivity contribution in [1.29, 1.82) is 0 Å². The van der Waals surface area contributed by atoms with E-state index in [1.807, 2.05) is 0 Å². The van der Waals surface area contributed by atoms with Crippen LogP contribution in [0, 0.1) is 0 Å². The van der Waals surface area contributed by atoms with Gasteiger partial charge >= 0.3 is 18.4 Å². The maximum Gasteiger partial charge on any atom is 0.416 e. The molecule has 1 aromatic carbocycles. The van der Waals surface area contributed by atoms with Crippen molar-refractivity contribution in [2.75, 3.05) is 32.1 Å². The van der Waals surface area contributed by atoms with Crippen LogP contribution in [0.1, 0.15) is 24.5 Å². The molecule has 2 amide bonds. The van der Waals surface area contributed by atoms with Gasteiger partial charge in [0.1, 0.15) is 0 Å². The predicted molar refractivity (Wildman–Crippen MR) is 79.2 cm³/mol. The van der Waals surface area contributed by atoms with Crippen molar-refractivity contribution in [3.8, 4) is 0 Å². The molecule has 1 N–H and O–H groups in total.